The number of halogens is 1. The molecule has 0 heterocycles. The minimum absolute atomic E-state index is 0.589. The number of carboxylic acids is 1. The van der Waals surface area contributed by atoms with Crippen LogP contribution in [0.3, 0.4) is 0 Å². The molecule has 1 aromatic carbocycles. The third-order valence-electron chi connectivity index (χ3n) is 2.31. The zero-order valence-electron chi connectivity index (χ0n) is 10.5. The molecule has 0 atom stereocenters. The topological polar surface area (TPSA) is 40.5 Å². The maximum atomic E-state index is 10.4. The van der Waals surface area contributed by atoms with Gasteiger partial charge in [-0.2, -0.15) is 0 Å². The standard InChI is InChI=1S/C14H16ClNO2/c1-10(2)9-16(3)13-6-4-11(8-12(13)15)5-7-14(17)18/h4-8H,1,9H2,2-3H3,(H,17,18)/b7-5+. The second-order valence-electron chi connectivity index (χ2n) is 4.20. The molecule has 1 N–H and O–H groups in total. The van der Waals surface area contributed by atoms with Gasteiger partial charge in [-0.15, -0.1) is 0 Å². The van der Waals surface area contributed by atoms with E-state index in [0.717, 1.165) is 29.4 Å². The molecule has 0 aliphatic heterocycles. The van der Waals surface area contributed by atoms with Crippen LogP contribution in [0.5, 0.6) is 0 Å². The number of hydrogen-bond acceptors (Lipinski definition) is 2. The molecule has 0 bridgehead atoms. The fourth-order valence-electron chi connectivity index (χ4n) is 1.59. The summed E-state index contributed by atoms with van der Waals surface area (Å²) in [6.07, 6.45) is 2.60. The predicted octanol–water partition coefficient (Wildman–Crippen LogP) is 3.45. The molecule has 0 spiro atoms. The molecule has 3 nitrogen and oxygen atoms in total. The van der Waals surface area contributed by atoms with Gasteiger partial charge in [0.15, 0.2) is 0 Å². The molecule has 4 heteroatoms. The maximum Gasteiger partial charge on any atom is 0.328 e. The first-order chi connectivity index (χ1) is 8.40. The van der Waals surface area contributed by atoms with Crippen molar-refractivity contribution in [2.75, 3.05) is 18.5 Å². The quantitative estimate of drug-likeness (QED) is 0.655. The lowest BCUT2D eigenvalue weighted by Gasteiger charge is -2.20. The molecule has 18 heavy (non-hydrogen) atoms. The van der Waals surface area contributed by atoms with Crippen molar-refractivity contribution in [3.8, 4) is 0 Å². The Bertz CT molecular complexity index is 495. The van der Waals surface area contributed by atoms with Crippen molar-refractivity contribution in [1.29, 1.82) is 0 Å². The summed E-state index contributed by atoms with van der Waals surface area (Å²) < 4.78 is 0. The highest BCUT2D eigenvalue weighted by atomic mass is 35.5. The summed E-state index contributed by atoms with van der Waals surface area (Å²) in [5.41, 5.74) is 2.70. The van der Waals surface area contributed by atoms with E-state index in [0.29, 0.717) is 5.02 Å². The van der Waals surface area contributed by atoms with Crippen molar-refractivity contribution in [3.63, 3.8) is 0 Å². The normalized spacial score (nSPS) is 10.6. The second kappa shape index (κ2) is 6.26. The number of carbonyl (C=O) groups is 1. The molecule has 1 aromatic rings. The van der Waals surface area contributed by atoms with Crippen molar-refractivity contribution < 1.29 is 9.90 Å². The Morgan fingerprint density at radius 1 is 1.56 bits per heavy atom. The van der Waals surface area contributed by atoms with E-state index in [1.807, 2.05) is 31.0 Å². The van der Waals surface area contributed by atoms with Gasteiger partial charge in [0.2, 0.25) is 0 Å². The van der Waals surface area contributed by atoms with Crippen LogP contribution in [0.15, 0.2) is 36.4 Å². The van der Waals surface area contributed by atoms with E-state index in [2.05, 4.69) is 6.58 Å². The van der Waals surface area contributed by atoms with Gasteiger partial charge in [0, 0.05) is 19.7 Å². The molecule has 0 radical (unpaired) electrons. The molecule has 0 fully saturated rings. The Morgan fingerprint density at radius 2 is 2.22 bits per heavy atom. The molecule has 0 saturated heterocycles. The fourth-order valence-corrected chi connectivity index (χ4v) is 1.93. The van der Waals surface area contributed by atoms with Crippen LogP contribution >= 0.6 is 11.6 Å². The molecule has 1 rings (SSSR count). The van der Waals surface area contributed by atoms with Crippen LogP contribution in [0.2, 0.25) is 5.02 Å². The van der Waals surface area contributed by atoms with Crippen molar-refractivity contribution in [3.05, 3.63) is 47.0 Å². The molecule has 0 aliphatic carbocycles. The summed E-state index contributed by atoms with van der Waals surface area (Å²) in [5, 5.41) is 9.14. The van der Waals surface area contributed by atoms with Gasteiger partial charge in [0.25, 0.3) is 0 Å². The van der Waals surface area contributed by atoms with Gasteiger partial charge < -0.3 is 10.0 Å². The molecule has 0 aromatic heterocycles. The lowest BCUT2D eigenvalue weighted by molar-refractivity contribution is -0.131. The lowest BCUT2D eigenvalue weighted by Crippen LogP contribution is -2.19. The highest BCUT2D eigenvalue weighted by Gasteiger charge is 2.06. The average Bonchev–Trinajstić information content (AvgIpc) is 2.25. The van der Waals surface area contributed by atoms with Crippen LogP contribution < -0.4 is 4.90 Å². The number of rotatable bonds is 5. The second-order valence-corrected chi connectivity index (χ2v) is 4.60. The third kappa shape index (κ3) is 4.26. The maximum absolute atomic E-state index is 10.4. The van der Waals surface area contributed by atoms with Crippen molar-refractivity contribution in [2.45, 2.75) is 6.92 Å². The monoisotopic (exact) mass is 265 g/mol. The fraction of sp³-hybridized carbons (Fsp3) is 0.214. The zero-order chi connectivity index (χ0) is 13.7. The van der Waals surface area contributed by atoms with Crippen molar-refractivity contribution in [1.82, 2.24) is 0 Å². The van der Waals surface area contributed by atoms with Crippen LogP contribution in [0.4, 0.5) is 5.69 Å². The highest BCUT2D eigenvalue weighted by Crippen LogP contribution is 2.26. The SMILES string of the molecule is C=C(C)CN(C)c1ccc(/C=C/C(=O)O)cc1Cl. The van der Waals surface area contributed by atoms with Crippen LogP contribution in [0.25, 0.3) is 6.08 Å². The number of hydrogen-bond donors (Lipinski definition) is 1. The van der Waals surface area contributed by atoms with Gasteiger partial charge in [-0.1, -0.05) is 29.8 Å². The van der Waals surface area contributed by atoms with E-state index >= 15 is 0 Å². The number of nitrogens with zero attached hydrogens (tertiary/aromatic N) is 1. The number of aliphatic carboxylic acids is 1. The van der Waals surface area contributed by atoms with Crippen LogP contribution in [0.1, 0.15) is 12.5 Å². The lowest BCUT2D eigenvalue weighted by atomic mass is 10.1. The Kier molecular flexibility index (Phi) is 4.98. The van der Waals surface area contributed by atoms with E-state index in [-0.39, 0.29) is 0 Å². The van der Waals surface area contributed by atoms with E-state index in [9.17, 15) is 4.79 Å². The summed E-state index contributed by atoms with van der Waals surface area (Å²) in [7, 11) is 1.93. The van der Waals surface area contributed by atoms with E-state index in [1.165, 1.54) is 6.08 Å². The Balaban J connectivity index is 2.92. The van der Waals surface area contributed by atoms with Crippen LogP contribution in [-0.2, 0) is 4.79 Å². The van der Waals surface area contributed by atoms with Gasteiger partial charge >= 0.3 is 5.97 Å². The zero-order valence-corrected chi connectivity index (χ0v) is 11.2. The number of anilines is 1. The highest BCUT2D eigenvalue weighted by molar-refractivity contribution is 6.33. The van der Waals surface area contributed by atoms with E-state index in [1.54, 1.807) is 6.07 Å². The first-order valence-electron chi connectivity index (χ1n) is 5.46. The number of likely N-dealkylation sites (N-methyl/N-ethyl adjacent to an activating group) is 1. The summed E-state index contributed by atoms with van der Waals surface area (Å²) in [5.74, 6) is -0.977. The first kappa shape index (κ1) is 14.3. The third-order valence-corrected chi connectivity index (χ3v) is 2.61. The summed E-state index contributed by atoms with van der Waals surface area (Å²) in [6.45, 7) is 6.53. The molecule has 96 valence electrons. The van der Waals surface area contributed by atoms with Crippen molar-refractivity contribution >= 4 is 29.3 Å². The van der Waals surface area contributed by atoms with Gasteiger partial charge in [-0.05, 0) is 30.7 Å². The van der Waals surface area contributed by atoms with E-state index in [4.69, 9.17) is 16.7 Å². The van der Waals surface area contributed by atoms with Gasteiger partial charge in [0.05, 0.1) is 10.7 Å². The summed E-state index contributed by atoms with van der Waals surface area (Å²) in [6, 6.07) is 5.44. The summed E-state index contributed by atoms with van der Waals surface area (Å²) in [4.78, 5) is 12.4. The first-order valence-corrected chi connectivity index (χ1v) is 5.84. The van der Waals surface area contributed by atoms with Crippen LogP contribution in [-0.4, -0.2) is 24.7 Å². The van der Waals surface area contributed by atoms with Gasteiger partial charge in [-0.25, -0.2) is 4.79 Å². The molecular weight excluding hydrogens is 250 g/mol. The molecule has 0 amide bonds. The van der Waals surface area contributed by atoms with Crippen molar-refractivity contribution in [2.24, 2.45) is 0 Å². The number of benzene rings is 1. The van der Waals surface area contributed by atoms with E-state index < -0.39 is 5.97 Å². The average molecular weight is 266 g/mol. The number of carboxylic acid groups (broad SMARTS) is 1. The minimum atomic E-state index is -0.977. The summed E-state index contributed by atoms with van der Waals surface area (Å²) >= 11 is 6.17. The largest absolute Gasteiger partial charge is 0.478 e. The Labute approximate surface area is 112 Å². The molecule has 0 saturated carbocycles. The van der Waals surface area contributed by atoms with Crippen LogP contribution in [0, 0.1) is 0 Å². The Morgan fingerprint density at radius 3 is 2.72 bits per heavy atom. The molecule has 0 aliphatic rings. The smallest absolute Gasteiger partial charge is 0.328 e. The molecule has 0 unspecified atom stereocenters. The predicted molar refractivity (Wildman–Crippen MR) is 76.2 cm³/mol. The molecular formula is C14H16ClNO2. The van der Waals surface area contributed by atoms with Gasteiger partial charge in [0.1, 0.15) is 0 Å². The minimum Gasteiger partial charge on any atom is -0.478 e. The Hall–Kier alpha value is -1.74. The van der Waals surface area contributed by atoms with Gasteiger partial charge in [-0.3, -0.25) is 0 Å².